The second-order valence-corrected chi connectivity index (χ2v) is 7.35. The molecule has 0 aliphatic carbocycles. The first kappa shape index (κ1) is 19.7. The molecule has 6 heteroatoms. The standard InChI is InChI=1S/C16H33ClN4O/c1-5-14(17)15(20-19-11-18)12(2)13-6-8-21(9-7-13)10-16(3,4)22/h12-13,19-20,22H,5-11,18H2,1-4H3/b15-14+. The number of β-amino-alcohol motifs (C(OH)–C–C–N with tert-alkyl or cyclic N) is 1. The molecule has 1 aliphatic heterocycles. The number of halogens is 1. The fourth-order valence-corrected chi connectivity index (χ4v) is 3.38. The maximum Gasteiger partial charge on any atom is 0.0718 e. The summed E-state index contributed by atoms with van der Waals surface area (Å²) in [6.07, 6.45) is 3.07. The van der Waals surface area contributed by atoms with Crippen molar-refractivity contribution in [3.05, 3.63) is 10.7 Å². The lowest BCUT2D eigenvalue weighted by atomic mass is 9.83. The number of nitrogens with zero attached hydrogens (tertiary/aromatic N) is 1. The Morgan fingerprint density at radius 1 is 1.41 bits per heavy atom. The van der Waals surface area contributed by atoms with Crippen molar-refractivity contribution < 1.29 is 5.11 Å². The van der Waals surface area contributed by atoms with Gasteiger partial charge in [-0.15, -0.1) is 0 Å². The summed E-state index contributed by atoms with van der Waals surface area (Å²) in [5, 5.41) is 10.8. The summed E-state index contributed by atoms with van der Waals surface area (Å²) in [6.45, 7) is 11.2. The molecular formula is C16H33ClN4O. The third kappa shape index (κ3) is 6.42. The summed E-state index contributed by atoms with van der Waals surface area (Å²) in [5.74, 6) is 0.969. The quantitative estimate of drug-likeness (QED) is 0.404. The van der Waals surface area contributed by atoms with E-state index >= 15 is 0 Å². The third-order valence-electron chi connectivity index (χ3n) is 4.33. The third-order valence-corrected chi connectivity index (χ3v) is 4.80. The van der Waals surface area contributed by atoms with Crippen molar-refractivity contribution in [2.75, 3.05) is 26.3 Å². The number of hydrogen-bond donors (Lipinski definition) is 4. The van der Waals surface area contributed by atoms with Crippen molar-refractivity contribution in [1.29, 1.82) is 0 Å². The van der Waals surface area contributed by atoms with Crippen LogP contribution in [0.2, 0.25) is 0 Å². The molecule has 0 saturated carbocycles. The molecule has 130 valence electrons. The predicted molar refractivity (Wildman–Crippen MR) is 93.1 cm³/mol. The van der Waals surface area contributed by atoms with Gasteiger partial charge in [-0.1, -0.05) is 25.4 Å². The molecule has 0 spiro atoms. The van der Waals surface area contributed by atoms with Crippen molar-refractivity contribution in [2.45, 2.75) is 52.6 Å². The minimum atomic E-state index is -0.623. The minimum absolute atomic E-state index is 0.369. The fraction of sp³-hybridized carbons (Fsp3) is 0.875. The number of nitrogens with one attached hydrogen (secondary N) is 2. The molecule has 1 atom stereocenters. The van der Waals surface area contributed by atoms with E-state index in [2.05, 4.69) is 29.6 Å². The monoisotopic (exact) mass is 332 g/mol. The van der Waals surface area contributed by atoms with Crippen LogP contribution >= 0.6 is 11.6 Å². The van der Waals surface area contributed by atoms with Crippen molar-refractivity contribution in [3.8, 4) is 0 Å². The van der Waals surface area contributed by atoms with Gasteiger partial charge in [-0.25, -0.2) is 5.43 Å². The summed E-state index contributed by atoms with van der Waals surface area (Å²) in [4.78, 5) is 2.35. The molecule has 1 heterocycles. The van der Waals surface area contributed by atoms with E-state index in [0.717, 1.165) is 49.6 Å². The second kappa shape index (κ2) is 9.08. The summed E-state index contributed by atoms with van der Waals surface area (Å²) < 4.78 is 0. The molecule has 1 aliphatic rings. The molecule has 0 aromatic carbocycles. The van der Waals surface area contributed by atoms with Gasteiger partial charge in [0.1, 0.15) is 0 Å². The van der Waals surface area contributed by atoms with Crippen LogP contribution in [0.3, 0.4) is 0 Å². The first-order valence-electron chi connectivity index (χ1n) is 8.30. The summed E-state index contributed by atoms with van der Waals surface area (Å²) in [5.41, 5.74) is 12.1. The maximum atomic E-state index is 9.94. The minimum Gasteiger partial charge on any atom is -0.389 e. The van der Waals surface area contributed by atoms with E-state index in [9.17, 15) is 5.11 Å². The zero-order valence-corrected chi connectivity index (χ0v) is 15.2. The van der Waals surface area contributed by atoms with Gasteiger partial charge in [0.2, 0.25) is 0 Å². The highest BCUT2D eigenvalue weighted by Gasteiger charge is 2.29. The Balaban J connectivity index is 2.61. The van der Waals surface area contributed by atoms with Gasteiger partial charge in [-0.3, -0.25) is 0 Å². The molecule has 1 unspecified atom stereocenters. The van der Waals surface area contributed by atoms with Gasteiger partial charge in [0.05, 0.1) is 12.3 Å². The largest absolute Gasteiger partial charge is 0.389 e. The highest BCUT2D eigenvalue weighted by molar-refractivity contribution is 6.29. The number of allylic oxidation sites excluding steroid dienone is 2. The molecular weight excluding hydrogens is 300 g/mol. The van der Waals surface area contributed by atoms with Crippen LogP contribution in [-0.4, -0.2) is 41.9 Å². The normalized spacial score (nSPS) is 20.7. The molecule has 1 rings (SSSR count). The zero-order valence-electron chi connectivity index (χ0n) is 14.5. The zero-order chi connectivity index (χ0) is 16.8. The van der Waals surface area contributed by atoms with Crippen molar-refractivity contribution in [2.24, 2.45) is 17.6 Å². The molecule has 0 aromatic rings. The number of piperidine rings is 1. The van der Waals surface area contributed by atoms with Crippen LogP contribution in [0, 0.1) is 11.8 Å². The van der Waals surface area contributed by atoms with Crippen LogP contribution in [0.25, 0.3) is 0 Å². The Morgan fingerprint density at radius 2 is 2.00 bits per heavy atom. The number of nitrogens with two attached hydrogens (primary N) is 1. The Labute approximate surface area is 140 Å². The van der Waals surface area contributed by atoms with Gasteiger partial charge in [-0.2, -0.15) is 0 Å². The van der Waals surface area contributed by atoms with E-state index in [1.54, 1.807) is 0 Å². The Hall–Kier alpha value is -0.330. The molecule has 5 N–H and O–H groups in total. The lowest BCUT2D eigenvalue weighted by Crippen LogP contribution is -2.45. The lowest BCUT2D eigenvalue weighted by molar-refractivity contribution is 0.0217. The van der Waals surface area contributed by atoms with E-state index in [-0.39, 0.29) is 0 Å². The van der Waals surface area contributed by atoms with E-state index < -0.39 is 5.60 Å². The van der Waals surface area contributed by atoms with Gasteiger partial charge in [-0.05, 0) is 52.1 Å². The van der Waals surface area contributed by atoms with E-state index in [1.165, 1.54) is 0 Å². The smallest absolute Gasteiger partial charge is 0.0718 e. The van der Waals surface area contributed by atoms with E-state index in [4.69, 9.17) is 17.3 Å². The number of likely N-dealkylation sites (tertiary alicyclic amines) is 1. The molecule has 1 saturated heterocycles. The van der Waals surface area contributed by atoms with Gasteiger partial charge in [0.15, 0.2) is 0 Å². The van der Waals surface area contributed by atoms with Crippen LogP contribution in [0.1, 0.15) is 47.0 Å². The highest BCUT2D eigenvalue weighted by Crippen LogP contribution is 2.31. The summed E-state index contributed by atoms with van der Waals surface area (Å²) in [6, 6.07) is 0. The Morgan fingerprint density at radius 3 is 2.45 bits per heavy atom. The number of hydrazine groups is 1. The number of rotatable bonds is 8. The SMILES string of the molecule is CC/C(Cl)=C(\NNCN)C(C)C1CCN(CC(C)(C)O)CC1. The topological polar surface area (TPSA) is 73.5 Å². The van der Waals surface area contributed by atoms with Crippen LogP contribution in [0.5, 0.6) is 0 Å². The first-order valence-corrected chi connectivity index (χ1v) is 8.68. The van der Waals surface area contributed by atoms with Crippen LogP contribution < -0.4 is 16.6 Å². The predicted octanol–water partition coefficient (Wildman–Crippen LogP) is 1.98. The van der Waals surface area contributed by atoms with E-state index in [1.807, 2.05) is 13.8 Å². The van der Waals surface area contributed by atoms with Gasteiger partial charge in [0.25, 0.3) is 0 Å². The van der Waals surface area contributed by atoms with Crippen LogP contribution in [0.4, 0.5) is 0 Å². The molecule has 0 aromatic heterocycles. The summed E-state index contributed by atoms with van der Waals surface area (Å²) in [7, 11) is 0. The molecule has 1 fully saturated rings. The lowest BCUT2D eigenvalue weighted by Gasteiger charge is -2.38. The van der Waals surface area contributed by atoms with Crippen LogP contribution in [0.15, 0.2) is 10.7 Å². The van der Waals surface area contributed by atoms with Crippen molar-refractivity contribution >= 4 is 11.6 Å². The molecule has 5 nitrogen and oxygen atoms in total. The molecule has 22 heavy (non-hydrogen) atoms. The Bertz CT molecular complexity index is 360. The fourth-order valence-electron chi connectivity index (χ4n) is 3.16. The maximum absolute atomic E-state index is 9.94. The number of aliphatic hydroxyl groups is 1. The van der Waals surface area contributed by atoms with Gasteiger partial charge in [0, 0.05) is 23.2 Å². The van der Waals surface area contributed by atoms with Gasteiger partial charge >= 0.3 is 0 Å². The average Bonchev–Trinajstić information content (AvgIpc) is 2.46. The highest BCUT2D eigenvalue weighted by atomic mass is 35.5. The van der Waals surface area contributed by atoms with Crippen LogP contribution in [-0.2, 0) is 0 Å². The van der Waals surface area contributed by atoms with E-state index in [0.29, 0.717) is 18.5 Å². The van der Waals surface area contributed by atoms with Crippen molar-refractivity contribution in [3.63, 3.8) is 0 Å². The number of hydrogen-bond acceptors (Lipinski definition) is 5. The summed E-state index contributed by atoms with van der Waals surface area (Å²) >= 11 is 6.39. The second-order valence-electron chi connectivity index (χ2n) is 6.89. The Kier molecular flexibility index (Phi) is 8.14. The molecule has 0 bridgehead atoms. The van der Waals surface area contributed by atoms with Gasteiger partial charge < -0.3 is 21.2 Å². The van der Waals surface area contributed by atoms with Crippen molar-refractivity contribution in [1.82, 2.24) is 15.8 Å². The molecule has 0 amide bonds. The first-order chi connectivity index (χ1) is 10.3. The molecule has 0 radical (unpaired) electrons. The average molecular weight is 333 g/mol.